The van der Waals surface area contributed by atoms with Crippen LogP contribution in [0.4, 0.5) is 5.13 Å². The molecule has 0 aliphatic rings. The molecule has 42 heavy (non-hydrogen) atoms. The molecule has 0 atom stereocenters. The van der Waals surface area contributed by atoms with Gasteiger partial charge in [-0.1, -0.05) is 62.4 Å². The Morgan fingerprint density at radius 1 is 0.810 bits per heavy atom. The van der Waals surface area contributed by atoms with E-state index in [1.54, 1.807) is 24.0 Å². The Labute approximate surface area is 252 Å². The Bertz CT molecular complexity index is 1730. The van der Waals surface area contributed by atoms with Crippen molar-refractivity contribution in [1.29, 1.82) is 0 Å². The average molecular weight is 629 g/mol. The second kappa shape index (κ2) is 13.4. The maximum absolute atomic E-state index is 13.8. The zero-order valence-electron chi connectivity index (χ0n) is 24.2. The monoisotopic (exact) mass is 628 g/mol. The first-order valence-electron chi connectivity index (χ1n) is 13.8. The van der Waals surface area contributed by atoms with Crippen LogP contribution in [0.5, 0.6) is 0 Å². The maximum atomic E-state index is 13.8. The first-order valence-corrected chi connectivity index (χ1v) is 17.9. The summed E-state index contributed by atoms with van der Waals surface area (Å²) >= 11 is 1.25. The highest BCUT2D eigenvalue weighted by molar-refractivity contribution is 7.90. The Balaban J connectivity index is 1.64. The summed E-state index contributed by atoms with van der Waals surface area (Å²) in [6.07, 6.45) is 1.15. The Hall–Kier alpha value is -3.16. The van der Waals surface area contributed by atoms with Crippen molar-refractivity contribution < 1.29 is 21.6 Å². The summed E-state index contributed by atoms with van der Waals surface area (Å²) in [6.45, 7) is 9.06. The molecule has 1 aromatic heterocycles. The highest BCUT2D eigenvalue weighted by Gasteiger charge is 2.26. The van der Waals surface area contributed by atoms with Crippen LogP contribution in [0.2, 0.25) is 0 Å². The van der Waals surface area contributed by atoms with Crippen molar-refractivity contribution in [2.24, 2.45) is 0 Å². The number of carbonyl (C=O) groups excluding carboxylic acids is 1. The van der Waals surface area contributed by atoms with E-state index in [2.05, 4.69) is 23.7 Å². The third-order valence-electron chi connectivity index (χ3n) is 7.08. The van der Waals surface area contributed by atoms with Crippen molar-refractivity contribution in [3.8, 4) is 0 Å². The number of sulfone groups is 1. The van der Waals surface area contributed by atoms with Crippen LogP contribution in [-0.4, -0.2) is 75.9 Å². The van der Waals surface area contributed by atoms with Gasteiger partial charge in [-0.15, -0.1) is 0 Å². The second-order valence-electron chi connectivity index (χ2n) is 9.82. The molecule has 0 aliphatic carbocycles. The summed E-state index contributed by atoms with van der Waals surface area (Å²) in [5, 5.41) is 0.449. The molecule has 0 fully saturated rings. The molecule has 4 rings (SSSR count). The summed E-state index contributed by atoms with van der Waals surface area (Å²) in [4.78, 5) is 22.6. The van der Waals surface area contributed by atoms with Crippen LogP contribution < -0.4 is 4.90 Å². The molecule has 0 saturated carbocycles. The lowest BCUT2D eigenvalue weighted by Gasteiger charge is -2.25. The van der Waals surface area contributed by atoms with E-state index in [-0.39, 0.29) is 22.2 Å². The van der Waals surface area contributed by atoms with E-state index in [0.29, 0.717) is 40.5 Å². The minimum absolute atomic E-state index is 0.111. The van der Waals surface area contributed by atoms with Crippen LogP contribution in [0.1, 0.15) is 36.7 Å². The quantitative estimate of drug-likeness (QED) is 0.207. The summed E-state index contributed by atoms with van der Waals surface area (Å²) in [6, 6.07) is 20.1. The average Bonchev–Trinajstić information content (AvgIpc) is 3.41. The molecule has 3 aromatic carbocycles. The van der Waals surface area contributed by atoms with Crippen LogP contribution in [0.3, 0.4) is 0 Å². The number of aromatic nitrogens is 1. The number of hydrogen-bond acceptors (Lipinski definition) is 8. The van der Waals surface area contributed by atoms with E-state index in [4.69, 9.17) is 0 Å². The number of sulfonamides is 1. The van der Waals surface area contributed by atoms with Gasteiger partial charge in [-0.2, -0.15) is 4.31 Å². The molecular formula is C30H36N4O5S3. The number of nitrogens with zero attached hydrogens (tertiary/aromatic N) is 4. The van der Waals surface area contributed by atoms with Gasteiger partial charge < -0.3 is 4.90 Å². The SMILES string of the molecule is CCN(CC)CCN(C(=O)c1ccc(S(=O)(=O)N(CC)Cc2ccccc2)cc1)c1nc2ccc(S(C)(=O)=O)cc2s1. The van der Waals surface area contributed by atoms with Gasteiger partial charge in [0.1, 0.15) is 0 Å². The molecule has 0 aliphatic heterocycles. The molecule has 0 radical (unpaired) electrons. The summed E-state index contributed by atoms with van der Waals surface area (Å²) in [7, 11) is -7.18. The number of amides is 1. The lowest BCUT2D eigenvalue weighted by Crippen LogP contribution is -2.39. The van der Waals surface area contributed by atoms with Gasteiger partial charge in [-0.25, -0.2) is 21.8 Å². The Morgan fingerprint density at radius 3 is 2.05 bits per heavy atom. The number of fused-ring (bicyclic) bond motifs is 1. The maximum Gasteiger partial charge on any atom is 0.260 e. The Kier molecular flexibility index (Phi) is 10.2. The first kappa shape index (κ1) is 31.8. The number of likely N-dealkylation sites (N-methyl/N-ethyl adjacent to an activating group) is 1. The van der Waals surface area contributed by atoms with Gasteiger partial charge in [-0.3, -0.25) is 9.69 Å². The van der Waals surface area contributed by atoms with Crippen LogP contribution in [0.15, 0.2) is 82.6 Å². The van der Waals surface area contributed by atoms with E-state index in [1.165, 1.54) is 46.0 Å². The van der Waals surface area contributed by atoms with Gasteiger partial charge in [0.25, 0.3) is 5.91 Å². The largest absolute Gasteiger partial charge is 0.302 e. The van der Waals surface area contributed by atoms with Crippen molar-refractivity contribution in [1.82, 2.24) is 14.2 Å². The number of anilines is 1. The summed E-state index contributed by atoms with van der Waals surface area (Å²) in [5.41, 5.74) is 1.82. The molecule has 1 heterocycles. The second-order valence-corrected chi connectivity index (χ2v) is 14.8. The number of thiazole rings is 1. The molecule has 224 valence electrons. The van der Waals surface area contributed by atoms with Gasteiger partial charge in [0, 0.05) is 38.0 Å². The molecule has 9 nitrogen and oxygen atoms in total. The molecular weight excluding hydrogens is 593 g/mol. The zero-order chi connectivity index (χ0) is 30.5. The van der Waals surface area contributed by atoms with Gasteiger partial charge in [-0.05, 0) is 61.1 Å². The third kappa shape index (κ3) is 7.24. The van der Waals surface area contributed by atoms with Crippen LogP contribution in [0.25, 0.3) is 10.2 Å². The highest BCUT2D eigenvalue weighted by atomic mass is 32.2. The fourth-order valence-corrected chi connectivity index (χ4v) is 7.72. The normalized spacial score (nSPS) is 12.3. The van der Waals surface area contributed by atoms with Crippen molar-refractivity contribution in [3.63, 3.8) is 0 Å². The lowest BCUT2D eigenvalue weighted by atomic mass is 10.2. The molecule has 1 amide bonds. The molecule has 12 heteroatoms. The number of benzene rings is 3. The molecule has 0 saturated heterocycles. The van der Waals surface area contributed by atoms with E-state index < -0.39 is 19.9 Å². The van der Waals surface area contributed by atoms with E-state index in [0.717, 1.165) is 24.9 Å². The van der Waals surface area contributed by atoms with Crippen molar-refractivity contribution in [2.75, 3.05) is 43.9 Å². The van der Waals surface area contributed by atoms with E-state index in [1.807, 2.05) is 30.3 Å². The van der Waals surface area contributed by atoms with Crippen LogP contribution in [0, 0.1) is 0 Å². The minimum Gasteiger partial charge on any atom is -0.302 e. The van der Waals surface area contributed by atoms with Gasteiger partial charge in [0.05, 0.1) is 20.0 Å². The third-order valence-corrected chi connectivity index (χ3v) is 11.2. The zero-order valence-corrected chi connectivity index (χ0v) is 26.7. The summed E-state index contributed by atoms with van der Waals surface area (Å²) < 4.78 is 53.0. The van der Waals surface area contributed by atoms with Crippen molar-refractivity contribution in [3.05, 3.63) is 83.9 Å². The van der Waals surface area contributed by atoms with Crippen LogP contribution in [-0.2, 0) is 26.4 Å². The summed E-state index contributed by atoms with van der Waals surface area (Å²) in [5.74, 6) is -0.315. The fraction of sp³-hybridized carbons (Fsp3) is 0.333. The van der Waals surface area contributed by atoms with Crippen molar-refractivity contribution >= 4 is 52.5 Å². The van der Waals surface area contributed by atoms with Crippen LogP contribution >= 0.6 is 11.3 Å². The topological polar surface area (TPSA) is 108 Å². The number of rotatable bonds is 13. The Morgan fingerprint density at radius 2 is 1.45 bits per heavy atom. The molecule has 0 bridgehead atoms. The lowest BCUT2D eigenvalue weighted by molar-refractivity contribution is 0.0983. The molecule has 0 spiro atoms. The number of hydrogen-bond donors (Lipinski definition) is 0. The van der Waals surface area contributed by atoms with E-state index >= 15 is 0 Å². The smallest absolute Gasteiger partial charge is 0.260 e. The number of carbonyl (C=O) groups is 1. The predicted molar refractivity (Wildman–Crippen MR) is 168 cm³/mol. The molecule has 0 unspecified atom stereocenters. The predicted octanol–water partition coefficient (Wildman–Crippen LogP) is 4.90. The van der Waals surface area contributed by atoms with Crippen molar-refractivity contribution in [2.45, 2.75) is 37.1 Å². The van der Waals surface area contributed by atoms with Gasteiger partial charge >= 0.3 is 0 Å². The minimum atomic E-state index is -3.78. The van der Waals surface area contributed by atoms with Gasteiger partial charge in [0.2, 0.25) is 10.0 Å². The fourth-order valence-electron chi connectivity index (χ4n) is 4.53. The standard InChI is InChI=1S/C30H36N4O5S3/c1-5-32(6-2)19-20-34(30-31-27-18-17-26(41(4,36)37)21-28(27)40-30)29(35)24-13-15-25(16-14-24)42(38,39)33(7-3)22-23-11-9-8-10-12-23/h8-18,21H,5-7,19-20,22H2,1-4H3. The molecule has 0 N–H and O–H groups in total. The highest BCUT2D eigenvalue weighted by Crippen LogP contribution is 2.32. The molecule has 4 aromatic rings. The van der Waals surface area contributed by atoms with E-state index in [9.17, 15) is 21.6 Å². The van der Waals surface area contributed by atoms with Gasteiger partial charge in [0.15, 0.2) is 15.0 Å². The first-order chi connectivity index (χ1) is 20.0.